The Bertz CT molecular complexity index is 501. The first kappa shape index (κ1) is 45.2. The summed E-state index contributed by atoms with van der Waals surface area (Å²) in [4.78, 5) is 57.1. The molecule has 18 heteroatoms. The number of hydrogen-bond donors (Lipinski definition) is 3. The predicted molar refractivity (Wildman–Crippen MR) is 89.5 cm³/mol. The van der Waals surface area contributed by atoms with Crippen molar-refractivity contribution in [2.45, 2.75) is 0 Å². The maximum atomic E-state index is 10.9. The van der Waals surface area contributed by atoms with Crippen LogP contribution < -0.4 is 69.3 Å². The van der Waals surface area contributed by atoms with E-state index >= 15 is 0 Å². The van der Waals surface area contributed by atoms with E-state index < -0.39 is 62.6 Å². The van der Waals surface area contributed by atoms with Crippen molar-refractivity contribution in [3.63, 3.8) is 0 Å². The molecule has 0 fully saturated rings. The third-order valence-electron chi connectivity index (χ3n) is 3.25. The molecule has 0 spiro atoms. The minimum absolute atomic E-state index is 0. The van der Waals surface area contributed by atoms with Crippen molar-refractivity contribution in [3.8, 4) is 0 Å². The molecule has 178 valence electrons. The smallest absolute Gasteiger partial charge is 0.549 e. The van der Waals surface area contributed by atoms with Crippen molar-refractivity contribution >= 4 is 29.8 Å². The van der Waals surface area contributed by atoms with Gasteiger partial charge in [0.05, 0.1) is 31.6 Å². The molecule has 0 radical (unpaired) electrons. The van der Waals surface area contributed by atoms with E-state index in [0.717, 1.165) is 9.80 Å². The molecule has 0 amide bonds. The molecule has 0 saturated carbocycles. The van der Waals surface area contributed by atoms with E-state index in [4.69, 9.17) is 15.3 Å². The third-order valence-corrected chi connectivity index (χ3v) is 3.25. The summed E-state index contributed by atoms with van der Waals surface area (Å²) in [6.07, 6.45) is 0. The summed E-state index contributed by atoms with van der Waals surface area (Å²) in [6.45, 7) is -3.29. The van der Waals surface area contributed by atoms with Crippen LogP contribution in [0.3, 0.4) is 0 Å². The second-order valence-corrected chi connectivity index (χ2v) is 5.62. The summed E-state index contributed by atoms with van der Waals surface area (Å²) < 4.78 is 0. The molecule has 0 aliphatic rings. The number of hydrogen-bond acceptors (Lipinski definition) is 10. The number of aliphatic carboxylic acids is 5. The van der Waals surface area contributed by atoms with Crippen LogP contribution in [-0.2, 0) is 41.0 Å². The minimum atomic E-state index is -1.52. The zero-order chi connectivity index (χ0) is 21.0. The summed E-state index contributed by atoms with van der Waals surface area (Å²) in [5.41, 5.74) is 0. The van der Waals surface area contributed by atoms with Gasteiger partial charge in [-0.1, -0.05) is 0 Å². The Balaban J connectivity index is -0.000000338. The minimum Gasteiger partial charge on any atom is -0.549 e. The maximum absolute atomic E-state index is 10.9. The van der Waals surface area contributed by atoms with Gasteiger partial charge in [0.25, 0.3) is 0 Å². The summed E-state index contributed by atoms with van der Waals surface area (Å²) >= 11 is 0. The Morgan fingerprint density at radius 1 is 0.531 bits per heavy atom. The summed E-state index contributed by atoms with van der Waals surface area (Å²) in [6, 6.07) is 0. The topological polar surface area (TPSA) is 265 Å². The normalized spacial score (nSPS) is 9.34. The molecule has 15 nitrogen and oxygen atoms in total. The quantitative estimate of drug-likeness (QED) is 0.157. The SMILES string of the molecule is O.O.O=C([O-])CN(CCN(CCN(CC(=O)O)CC(=O)O)CC(=O)O)CC(=O)[O-].[Fe].[Na+].[Na+]. The monoisotopic (exact) mass is 529 g/mol. The first-order valence-corrected chi connectivity index (χ1v) is 7.71. The van der Waals surface area contributed by atoms with Gasteiger partial charge in [0.15, 0.2) is 0 Å². The molecule has 0 aliphatic heterocycles. The fourth-order valence-electron chi connectivity index (χ4n) is 2.20. The van der Waals surface area contributed by atoms with Gasteiger partial charge in [-0.2, -0.15) is 0 Å². The van der Waals surface area contributed by atoms with Gasteiger partial charge in [-0.15, -0.1) is 0 Å². The van der Waals surface area contributed by atoms with Gasteiger partial charge < -0.3 is 46.1 Å². The molecule has 0 saturated heterocycles. The number of rotatable bonds is 16. The van der Waals surface area contributed by atoms with Gasteiger partial charge in [0, 0.05) is 56.3 Å². The van der Waals surface area contributed by atoms with Crippen molar-refractivity contribution < 1.29 is 137 Å². The van der Waals surface area contributed by atoms with E-state index in [0.29, 0.717) is 0 Å². The first-order valence-electron chi connectivity index (χ1n) is 7.71. The van der Waals surface area contributed by atoms with E-state index in [9.17, 15) is 34.2 Å². The Morgan fingerprint density at radius 3 is 1.00 bits per heavy atom. The average Bonchev–Trinajstić information content (AvgIpc) is 2.46. The van der Waals surface area contributed by atoms with E-state index in [1.54, 1.807) is 0 Å². The average molecular weight is 529 g/mol. The van der Waals surface area contributed by atoms with Gasteiger partial charge in [-0.05, 0) is 0 Å². The molecule has 0 aromatic carbocycles. The number of carboxylic acids is 5. The number of carboxylic acid groups (broad SMARTS) is 5. The Morgan fingerprint density at radius 2 is 0.750 bits per heavy atom. The van der Waals surface area contributed by atoms with Crippen LogP contribution >= 0.6 is 0 Å². The van der Waals surface area contributed by atoms with E-state index in [1.165, 1.54) is 4.90 Å². The van der Waals surface area contributed by atoms with Gasteiger partial charge in [-0.25, -0.2) is 0 Å². The van der Waals surface area contributed by atoms with Crippen LogP contribution in [0, 0.1) is 0 Å². The third kappa shape index (κ3) is 27.7. The van der Waals surface area contributed by atoms with E-state index in [2.05, 4.69) is 0 Å². The van der Waals surface area contributed by atoms with Crippen molar-refractivity contribution in [2.75, 3.05) is 58.9 Å². The largest absolute Gasteiger partial charge is 1.00 e. The van der Waals surface area contributed by atoms with Crippen LogP contribution in [0.1, 0.15) is 0 Å². The zero-order valence-corrected chi connectivity index (χ0v) is 22.9. The number of carbonyl (C=O) groups excluding carboxylic acids is 2. The molecule has 0 rings (SSSR count). The second-order valence-electron chi connectivity index (χ2n) is 5.62. The molecule has 0 unspecified atom stereocenters. The number of carbonyl (C=O) groups is 5. The molecule has 32 heavy (non-hydrogen) atoms. The fraction of sp³-hybridized carbons (Fsp3) is 0.643. The van der Waals surface area contributed by atoms with E-state index in [-0.39, 0.29) is 113 Å². The van der Waals surface area contributed by atoms with Crippen LogP contribution in [-0.4, -0.2) is 130 Å². The Labute approximate surface area is 238 Å². The van der Waals surface area contributed by atoms with Crippen LogP contribution in [0.2, 0.25) is 0 Å². The van der Waals surface area contributed by atoms with Crippen molar-refractivity contribution in [1.82, 2.24) is 14.7 Å². The first-order chi connectivity index (χ1) is 12.5. The van der Waals surface area contributed by atoms with Gasteiger partial charge >= 0.3 is 77.0 Å². The van der Waals surface area contributed by atoms with Crippen LogP contribution in [0.5, 0.6) is 0 Å². The predicted octanol–water partition coefficient (Wildman–Crippen LogP) is -13.0. The molecule has 0 aromatic heterocycles. The standard InChI is InChI=1S/C14H23N3O10.Fe.2Na.2H2O/c18-10(19)5-15(1-3-16(6-11(20)21)7-12(22)23)2-4-17(8-13(24)25)9-14(26)27;;;;;/h1-9H2,(H,18,19)(H,20,21)(H,22,23)(H,24,25)(H,26,27);;;;2*1H2/q;;2*+1;;/p-2. The Kier molecular flexibility index (Phi) is 35.7. The van der Waals surface area contributed by atoms with Crippen molar-refractivity contribution in [1.29, 1.82) is 0 Å². The van der Waals surface area contributed by atoms with Gasteiger partial charge in [0.2, 0.25) is 0 Å². The Hall–Kier alpha value is -0.331. The molecule has 0 bridgehead atoms. The zero-order valence-electron chi connectivity index (χ0n) is 17.8. The molecule has 0 aliphatic carbocycles. The molecular weight excluding hydrogens is 504 g/mol. The van der Waals surface area contributed by atoms with Crippen LogP contribution in [0.4, 0.5) is 0 Å². The molecule has 0 atom stereocenters. The van der Waals surface area contributed by atoms with Crippen molar-refractivity contribution in [3.05, 3.63) is 0 Å². The van der Waals surface area contributed by atoms with Crippen LogP contribution in [0.15, 0.2) is 0 Å². The molecule has 0 heterocycles. The molecule has 7 N–H and O–H groups in total. The second kappa shape index (κ2) is 25.3. The van der Waals surface area contributed by atoms with E-state index in [1.807, 2.05) is 0 Å². The van der Waals surface area contributed by atoms with Gasteiger partial charge in [0.1, 0.15) is 0 Å². The number of nitrogens with zero attached hydrogens (tertiary/aromatic N) is 3. The fourth-order valence-corrected chi connectivity index (χ4v) is 2.20. The summed E-state index contributed by atoms with van der Waals surface area (Å²) in [5, 5.41) is 47.8. The van der Waals surface area contributed by atoms with Gasteiger partial charge in [-0.3, -0.25) is 29.1 Å². The maximum Gasteiger partial charge on any atom is 1.00 e. The summed E-state index contributed by atoms with van der Waals surface area (Å²) in [5.74, 6) is -6.76. The molecular formula is C14H25FeN3Na2O12. The van der Waals surface area contributed by atoms with Crippen LogP contribution in [0.25, 0.3) is 0 Å². The molecule has 0 aromatic rings. The van der Waals surface area contributed by atoms with Crippen molar-refractivity contribution in [2.24, 2.45) is 0 Å². The summed E-state index contributed by atoms with van der Waals surface area (Å²) in [7, 11) is 0.